The molecule has 0 bridgehead atoms. The molecule has 0 spiro atoms. The molecule has 0 aliphatic rings. The van der Waals surface area contributed by atoms with Gasteiger partial charge in [-0.25, -0.2) is 4.39 Å². The van der Waals surface area contributed by atoms with Gasteiger partial charge in [0.2, 0.25) is 0 Å². The van der Waals surface area contributed by atoms with Gasteiger partial charge in [-0.1, -0.05) is 17.7 Å². The Bertz CT molecular complexity index is 612. The van der Waals surface area contributed by atoms with E-state index in [2.05, 4.69) is 15.9 Å². The van der Waals surface area contributed by atoms with E-state index in [0.717, 1.165) is 0 Å². The van der Waals surface area contributed by atoms with Crippen LogP contribution < -0.4 is 5.56 Å². The Labute approximate surface area is 111 Å². The summed E-state index contributed by atoms with van der Waals surface area (Å²) in [5.41, 5.74) is 0.233. The molecule has 0 saturated carbocycles. The smallest absolute Gasteiger partial charge is 0.265 e. The summed E-state index contributed by atoms with van der Waals surface area (Å²) in [7, 11) is 0. The Morgan fingerprint density at radius 3 is 2.82 bits per heavy atom. The molecule has 0 unspecified atom stereocenters. The molecule has 0 N–H and O–H groups in total. The van der Waals surface area contributed by atoms with Gasteiger partial charge in [0.25, 0.3) is 5.56 Å². The molecule has 0 fully saturated rings. The van der Waals surface area contributed by atoms with Gasteiger partial charge in [0.05, 0.1) is 11.0 Å². The Balaban J connectivity index is 2.38. The van der Waals surface area contributed by atoms with Crippen LogP contribution in [0.1, 0.15) is 5.56 Å². The molecule has 17 heavy (non-hydrogen) atoms. The zero-order valence-corrected chi connectivity index (χ0v) is 11.0. The van der Waals surface area contributed by atoms with Crippen molar-refractivity contribution in [3.63, 3.8) is 0 Å². The Hall–Kier alpha value is -1.13. The van der Waals surface area contributed by atoms with Gasteiger partial charge in [-0.15, -0.1) is 0 Å². The summed E-state index contributed by atoms with van der Waals surface area (Å²) >= 11 is 8.80. The van der Waals surface area contributed by atoms with Crippen LogP contribution in [0.4, 0.5) is 4.39 Å². The van der Waals surface area contributed by atoms with Crippen LogP contribution in [-0.4, -0.2) is 4.57 Å². The average molecular weight is 317 g/mol. The molecule has 0 aliphatic carbocycles. The maximum absolute atomic E-state index is 13.6. The van der Waals surface area contributed by atoms with E-state index in [9.17, 15) is 9.18 Å². The molecule has 0 saturated heterocycles. The highest BCUT2D eigenvalue weighted by Gasteiger charge is 2.06. The number of aromatic nitrogens is 1. The van der Waals surface area contributed by atoms with E-state index in [0.29, 0.717) is 15.1 Å². The van der Waals surface area contributed by atoms with Crippen LogP contribution in [-0.2, 0) is 6.54 Å². The van der Waals surface area contributed by atoms with Crippen LogP contribution in [0.2, 0.25) is 5.02 Å². The van der Waals surface area contributed by atoms with Gasteiger partial charge < -0.3 is 4.57 Å². The minimum atomic E-state index is -0.413. The first kappa shape index (κ1) is 12.3. The fourth-order valence-electron chi connectivity index (χ4n) is 1.47. The lowest BCUT2D eigenvalue weighted by Gasteiger charge is -2.07. The molecule has 2 nitrogen and oxygen atoms in total. The summed E-state index contributed by atoms with van der Waals surface area (Å²) < 4.78 is 15.4. The molecule has 0 radical (unpaired) electrons. The van der Waals surface area contributed by atoms with Crippen LogP contribution in [0, 0.1) is 5.82 Å². The lowest BCUT2D eigenvalue weighted by Crippen LogP contribution is -2.20. The highest BCUT2D eigenvalue weighted by Crippen LogP contribution is 2.15. The van der Waals surface area contributed by atoms with E-state index < -0.39 is 5.82 Å². The molecule has 0 amide bonds. The number of hydrogen-bond donors (Lipinski definition) is 0. The van der Waals surface area contributed by atoms with Crippen LogP contribution in [0.5, 0.6) is 0 Å². The third-order valence-corrected chi connectivity index (χ3v) is 3.17. The SMILES string of the molecule is O=c1c(Br)cccn1Cc1ccc(Cl)cc1F. The Morgan fingerprint density at radius 1 is 1.35 bits per heavy atom. The number of nitrogens with zero attached hydrogens (tertiary/aromatic N) is 1. The van der Waals surface area contributed by atoms with Gasteiger partial charge in [-0.05, 0) is 40.2 Å². The van der Waals surface area contributed by atoms with Crippen molar-refractivity contribution in [1.29, 1.82) is 0 Å². The minimum absolute atomic E-state index is 0.182. The second-order valence-corrected chi connectivity index (χ2v) is 4.82. The number of benzene rings is 1. The average Bonchev–Trinajstić information content (AvgIpc) is 2.28. The summed E-state index contributed by atoms with van der Waals surface area (Å²) in [5, 5.41) is 0.341. The molecular weight excluding hydrogens is 308 g/mol. The van der Waals surface area contributed by atoms with E-state index in [1.54, 1.807) is 30.5 Å². The van der Waals surface area contributed by atoms with Crippen molar-refractivity contribution in [2.24, 2.45) is 0 Å². The molecule has 1 aromatic carbocycles. The predicted molar refractivity (Wildman–Crippen MR) is 68.9 cm³/mol. The van der Waals surface area contributed by atoms with Crippen molar-refractivity contribution < 1.29 is 4.39 Å². The van der Waals surface area contributed by atoms with Gasteiger partial charge >= 0.3 is 0 Å². The summed E-state index contributed by atoms with van der Waals surface area (Å²) in [5.74, 6) is -0.413. The lowest BCUT2D eigenvalue weighted by atomic mass is 10.2. The zero-order valence-electron chi connectivity index (χ0n) is 8.66. The summed E-state index contributed by atoms with van der Waals surface area (Å²) in [6.45, 7) is 0.182. The maximum atomic E-state index is 13.6. The quantitative estimate of drug-likeness (QED) is 0.832. The number of hydrogen-bond acceptors (Lipinski definition) is 1. The van der Waals surface area contributed by atoms with Gasteiger partial charge in [0, 0.05) is 16.8 Å². The van der Waals surface area contributed by atoms with Crippen molar-refractivity contribution in [2.75, 3.05) is 0 Å². The topological polar surface area (TPSA) is 22.0 Å². The highest BCUT2D eigenvalue weighted by atomic mass is 79.9. The standard InChI is InChI=1S/C12H8BrClFNO/c13-10-2-1-5-16(12(10)17)7-8-3-4-9(14)6-11(8)15/h1-6H,7H2. The fourth-order valence-corrected chi connectivity index (χ4v) is 2.00. The number of halogens is 3. The van der Waals surface area contributed by atoms with E-state index in [-0.39, 0.29) is 12.1 Å². The van der Waals surface area contributed by atoms with E-state index >= 15 is 0 Å². The number of pyridine rings is 1. The van der Waals surface area contributed by atoms with Gasteiger partial charge in [-0.3, -0.25) is 4.79 Å². The summed E-state index contributed by atoms with van der Waals surface area (Å²) in [4.78, 5) is 11.7. The molecule has 88 valence electrons. The first-order valence-electron chi connectivity index (χ1n) is 4.87. The van der Waals surface area contributed by atoms with E-state index in [1.807, 2.05) is 0 Å². The van der Waals surface area contributed by atoms with Crippen molar-refractivity contribution >= 4 is 27.5 Å². The van der Waals surface area contributed by atoms with Crippen molar-refractivity contribution in [3.8, 4) is 0 Å². The Kier molecular flexibility index (Phi) is 3.64. The first-order chi connectivity index (χ1) is 8.08. The second kappa shape index (κ2) is 5.02. The number of rotatable bonds is 2. The normalized spacial score (nSPS) is 10.5. The monoisotopic (exact) mass is 315 g/mol. The largest absolute Gasteiger partial charge is 0.310 e. The molecule has 1 aromatic heterocycles. The second-order valence-electron chi connectivity index (χ2n) is 3.52. The van der Waals surface area contributed by atoms with Crippen LogP contribution in [0.25, 0.3) is 0 Å². The van der Waals surface area contributed by atoms with Crippen LogP contribution >= 0.6 is 27.5 Å². The molecule has 0 atom stereocenters. The van der Waals surface area contributed by atoms with Crippen LogP contribution in [0.3, 0.4) is 0 Å². The minimum Gasteiger partial charge on any atom is -0.310 e. The van der Waals surface area contributed by atoms with Crippen molar-refractivity contribution in [3.05, 3.63) is 67.8 Å². The summed E-state index contributed by atoms with van der Waals surface area (Å²) in [6, 6.07) is 7.78. The van der Waals surface area contributed by atoms with Crippen LogP contribution in [0.15, 0.2) is 45.8 Å². The van der Waals surface area contributed by atoms with Crippen molar-refractivity contribution in [1.82, 2.24) is 4.57 Å². The van der Waals surface area contributed by atoms with Gasteiger partial charge in [-0.2, -0.15) is 0 Å². The molecule has 2 rings (SSSR count). The highest BCUT2D eigenvalue weighted by molar-refractivity contribution is 9.10. The van der Waals surface area contributed by atoms with Crippen molar-refractivity contribution in [2.45, 2.75) is 6.54 Å². The molecule has 2 aromatic rings. The predicted octanol–water partition coefficient (Wildman–Crippen LogP) is 3.45. The molecular formula is C12H8BrClFNO. The van der Waals surface area contributed by atoms with Gasteiger partial charge in [0.1, 0.15) is 5.82 Å². The summed E-state index contributed by atoms with van der Waals surface area (Å²) in [6.07, 6.45) is 1.61. The molecule has 1 heterocycles. The molecule has 5 heteroatoms. The van der Waals surface area contributed by atoms with E-state index in [1.165, 1.54) is 10.6 Å². The zero-order chi connectivity index (χ0) is 12.4. The van der Waals surface area contributed by atoms with Gasteiger partial charge in [0.15, 0.2) is 0 Å². The maximum Gasteiger partial charge on any atom is 0.265 e. The third-order valence-electron chi connectivity index (χ3n) is 2.33. The fraction of sp³-hybridized carbons (Fsp3) is 0.0833. The third kappa shape index (κ3) is 2.76. The Morgan fingerprint density at radius 2 is 2.12 bits per heavy atom. The first-order valence-corrected chi connectivity index (χ1v) is 6.04. The van der Waals surface area contributed by atoms with E-state index in [4.69, 9.17) is 11.6 Å². The molecule has 0 aliphatic heterocycles. The lowest BCUT2D eigenvalue weighted by molar-refractivity contribution is 0.596.